The van der Waals surface area contributed by atoms with Crippen molar-refractivity contribution in [2.75, 3.05) is 13.2 Å². The first-order valence-electron chi connectivity index (χ1n) is 29.7. The molecule has 0 amide bonds. The van der Waals surface area contributed by atoms with Crippen molar-refractivity contribution in [1.29, 1.82) is 0 Å². The molecule has 0 heterocycles. The predicted molar refractivity (Wildman–Crippen MR) is 284 cm³/mol. The lowest BCUT2D eigenvalue weighted by molar-refractivity contribution is -0.167. The Morgan fingerprint density at radius 2 is 0.500 bits per heavy atom. The van der Waals surface area contributed by atoms with E-state index in [1.807, 2.05) is 0 Å². The molecule has 0 rings (SSSR count). The third-order valence-corrected chi connectivity index (χ3v) is 13.7. The van der Waals surface area contributed by atoms with Gasteiger partial charge in [0, 0.05) is 19.3 Å². The lowest BCUT2D eigenvalue weighted by Crippen LogP contribution is -2.30. The fourth-order valence-electron chi connectivity index (χ4n) is 9.23. The average Bonchev–Trinajstić information content (AvgIpc) is 3.29. The molecule has 1 atom stereocenters. The highest BCUT2D eigenvalue weighted by Crippen LogP contribution is 2.18. The highest BCUT2D eigenvalue weighted by molar-refractivity contribution is 5.71. The van der Waals surface area contributed by atoms with Gasteiger partial charge in [0.1, 0.15) is 13.2 Å². The van der Waals surface area contributed by atoms with E-state index >= 15 is 0 Å². The summed E-state index contributed by atoms with van der Waals surface area (Å²) in [5, 5.41) is 0. The summed E-state index contributed by atoms with van der Waals surface area (Å²) in [6.45, 7) is 11.4. The molecule has 0 fully saturated rings. The van der Waals surface area contributed by atoms with Gasteiger partial charge in [0.2, 0.25) is 0 Å². The van der Waals surface area contributed by atoms with Crippen LogP contribution in [-0.2, 0) is 28.6 Å². The van der Waals surface area contributed by atoms with Gasteiger partial charge in [-0.3, -0.25) is 14.4 Å². The third-order valence-electron chi connectivity index (χ3n) is 13.7. The van der Waals surface area contributed by atoms with E-state index < -0.39 is 6.10 Å². The van der Waals surface area contributed by atoms with Gasteiger partial charge in [0.05, 0.1) is 0 Å². The Labute approximate surface area is 412 Å². The van der Waals surface area contributed by atoms with E-state index in [0.717, 1.165) is 69.6 Å². The van der Waals surface area contributed by atoms with Crippen LogP contribution < -0.4 is 0 Å². The first-order chi connectivity index (χ1) is 32.2. The maximum Gasteiger partial charge on any atom is 0.306 e. The molecular formula is C60H116O6. The smallest absolute Gasteiger partial charge is 0.306 e. The zero-order chi connectivity index (χ0) is 48.2. The number of unbranched alkanes of at least 4 members (excludes halogenated alkanes) is 39. The van der Waals surface area contributed by atoms with Crippen LogP contribution in [0.3, 0.4) is 0 Å². The van der Waals surface area contributed by atoms with E-state index in [4.69, 9.17) is 14.2 Å². The number of hydrogen-bond donors (Lipinski definition) is 0. The molecule has 6 heteroatoms. The number of ether oxygens (including phenoxy) is 3. The van der Waals surface area contributed by atoms with E-state index in [9.17, 15) is 14.4 Å². The first kappa shape index (κ1) is 64.4. The normalized spacial score (nSPS) is 12.0. The van der Waals surface area contributed by atoms with Gasteiger partial charge < -0.3 is 14.2 Å². The number of carbonyl (C=O) groups is 3. The Kier molecular flexibility index (Phi) is 51.5. The van der Waals surface area contributed by atoms with Crippen molar-refractivity contribution >= 4 is 17.9 Å². The summed E-state index contributed by atoms with van der Waals surface area (Å²) < 4.78 is 16.9. The fraction of sp³-hybridized carbons (Fsp3) is 0.950. The van der Waals surface area contributed by atoms with Gasteiger partial charge in [-0.1, -0.05) is 298 Å². The minimum Gasteiger partial charge on any atom is -0.462 e. The van der Waals surface area contributed by atoms with Crippen molar-refractivity contribution in [3.63, 3.8) is 0 Å². The first-order valence-corrected chi connectivity index (χ1v) is 29.7. The van der Waals surface area contributed by atoms with E-state index in [1.54, 1.807) is 0 Å². The zero-order valence-electron chi connectivity index (χ0n) is 45.3. The molecular weight excluding hydrogens is 817 g/mol. The molecule has 0 aromatic rings. The SMILES string of the molecule is CCCCCCCCCCCCCCCCCC(=O)OC[C@H](COC(=O)CCCCCCCCCCCC(C)C)OC(=O)CCCCCCCCCCCCCCCCCCCCC(C)C. The fourth-order valence-corrected chi connectivity index (χ4v) is 9.23. The summed E-state index contributed by atoms with van der Waals surface area (Å²) in [6.07, 6.45) is 56.7. The maximum absolute atomic E-state index is 12.9. The molecule has 0 unspecified atom stereocenters. The van der Waals surface area contributed by atoms with E-state index in [-0.39, 0.29) is 31.1 Å². The van der Waals surface area contributed by atoms with E-state index in [1.165, 1.54) is 225 Å². The summed E-state index contributed by atoms with van der Waals surface area (Å²) in [4.78, 5) is 38.1. The molecule has 66 heavy (non-hydrogen) atoms. The number of esters is 3. The summed E-state index contributed by atoms with van der Waals surface area (Å²) in [5.41, 5.74) is 0. The van der Waals surface area contributed by atoms with Gasteiger partial charge in [-0.2, -0.15) is 0 Å². The number of carbonyl (C=O) groups excluding carboxylic acids is 3. The van der Waals surface area contributed by atoms with Crippen molar-refractivity contribution < 1.29 is 28.6 Å². The van der Waals surface area contributed by atoms with Gasteiger partial charge in [0.25, 0.3) is 0 Å². The topological polar surface area (TPSA) is 78.9 Å². The molecule has 0 N–H and O–H groups in total. The molecule has 392 valence electrons. The highest BCUT2D eigenvalue weighted by atomic mass is 16.6. The molecule has 0 aliphatic heterocycles. The van der Waals surface area contributed by atoms with Crippen LogP contribution >= 0.6 is 0 Å². The van der Waals surface area contributed by atoms with Crippen molar-refractivity contribution in [2.24, 2.45) is 11.8 Å². The molecule has 0 saturated carbocycles. The molecule has 0 saturated heterocycles. The Hall–Kier alpha value is -1.59. The van der Waals surface area contributed by atoms with E-state index in [0.29, 0.717) is 19.3 Å². The maximum atomic E-state index is 12.9. The van der Waals surface area contributed by atoms with Crippen molar-refractivity contribution in [3.8, 4) is 0 Å². The molecule has 0 bridgehead atoms. The van der Waals surface area contributed by atoms with Crippen LogP contribution in [0.15, 0.2) is 0 Å². The second-order valence-electron chi connectivity index (χ2n) is 21.6. The van der Waals surface area contributed by atoms with Crippen LogP contribution in [0, 0.1) is 11.8 Å². The Balaban J connectivity index is 4.25. The lowest BCUT2D eigenvalue weighted by Gasteiger charge is -2.18. The minimum absolute atomic E-state index is 0.0627. The van der Waals surface area contributed by atoms with Crippen LogP contribution in [0.4, 0.5) is 0 Å². The summed E-state index contributed by atoms with van der Waals surface area (Å²) in [5.74, 6) is 0.828. The van der Waals surface area contributed by atoms with Crippen molar-refractivity contribution in [1.82, 2.24) is 0 Å². The summed E-state index contributed by atoms with van der Waals surface area (Å²) in [6, 6.07) is 0. The molecule has 0 aliphatic carbocycles. The van der Waals surface area contributed by atoms with Gasteiger partial charge in [-0.05, 0) is 31.1 Å². The van der Waals surface area contributed by atoms with Gasteiger partial charge in [0.15, 0.2) is 6.10 Å². The summed E-state index contributed by atoms with van der Waals surface area (Å²) in [7, 11) is 0. The van der Waals surface area contributed by atoms with Crippen molar-refractivity contribution in [2.45, 2.75) is 343 Å². The number of hydrogen-bond acceptors (Lipinski definition) is 6. The minimum atomic E-state index is -0.763. The average molecular weight is 934 g/mol. The van der Waals surface area contributed by atoms with Crippen LogP contribution in [0.25, 0.3) is 0 Å². The van der Waals surface area contributed by atoms with Crippen molar-refractivity contribution in [3.05, 3.63) is 0 Å². The van der Waals surface area contributed by atoms with E-state index in [2.05, 4.69) is 34.6 Å². The highest BCUT2D eigenvalue weighted by Gasteiger charge is 2.19. The monoisotopic (exact) mass is 933 g/mol. The molecule has 0 spiro atoms. The van der Waals surface area contributed by atoms with Crippen LogP contribution in [0.5, 0.6) is 0 Å². The second-order valence-corrected chi connectivity index (χ2v) is 21.6. The van der Waals surface area contributed by atoms with Gasteiger partial charge >= 0.3 is 17.9 Å². The Morgan fingerprint density at radius 1 is 0.288 bits per heavy atom. The molecule has 0 radical (unpaired) electrons. The summed E-state index contributed by atoms with van der Waals surface area (Å²) >= 11 is 0. The van der Waals surface area contributed by atoms with Crippen LogP contribution in [0.1, 0.15) is 336 Å². The van der Waals surface area contributed by atoms with Gasteiger partial charge in [-0.25, -0.2) is 0 Å². The lowest BCUT2D eigenvalue weighted by atomic mass is 10.0. The molecule has 0 aromatic carbocycles. The largest absolute Gasteiger partial charge is 0.462 e. The quantitative estimate of drug-likeness (QED) is 0.0343. The molecule has 6 nitrogen and oxygen atoms in total. The zero-order valence-corrected chi connectivity index (χ0v) is 45.3. The van der Waals surface area contributed by atoms with Gasteiger partial charge in [-0.15, -0.1) is 0 Å². The third kappa shape index (κ3) is 53.4. The van der Waals surface area contributed by atoms with Crippen LogP contribution in [-0.4, -0.2) is 37.2 Å². The number of rotatable bonds is 54. The predicted octanol–water partition coefficient (Wildman–Crippen LogP) is 19.7. The second kappa shape index (κ2) is 52.8. The molecule has 0 aromatic heterocycles. The Bertz CT molecular complexity index is 1010. The van der Waals surface area contributed by atoms with Crippen LogP contribution in [0.2, 0.25) is 0 Å². The molecule has 0 aliphatic rings. The Morgan fingerprint density at radius 3 is 0.742 bits per heavy atom. The standard InChI is InChI=1S/C60H116O6/c1-6-7-8-9-10-11-12-13-18-22-25-30-35-40-45-50-58(61)64-53-57(54-65-59(62)51-46-41-36-32-27-29-34-39-44-49-56(4)5)66-60(63)52-47-42-37-31-26-23-20-17-15-14-16-19-21-24-28-33-38-43-48-55(2)3/h55-57H,6-54H2,1-5H3/t57-/m1/s1.